The van der Waals surface area contributed by atoms with Crippen molar-refractivity contribution in [1.29, 1.82) is 0 Å². The lowest BCUT2D eigenvalue weighted by atomic mass is 9.65. The zero-order chi connectivity index (χ0) is 15.7. The van der Waals surface area contributed by atoms with Gasteiger partial charge < -0.3 is 9.84 Å². The van der Waals surface area contributed by atoms with Crippen molar-refractivity contribution in [2.75, 3.05) is 13.7 Å². The second-order valence-corrected chi connectivity index (χ2v) is 7.32. The summed E-state index contributed by atoms with van der Waals surface area (Å²) in [5, 5.41) is 9.78. The Morgan fingerprint density at radius 1 is 1.19 bits per heavy atom. The van der Waals surface area contributed by atoms with Gasteiger partial charge in [0.1, 0.15) is 0 Å². The quantitative estimate of drug-likeness (QED) is 0.481. The Labute approximate surface area is 132 Å². The van der Waals surface area contributed by atoms with Crippen LogP contribution in [0.3, 0.4) is 0 Å². The van der Waals surface area contributed by atoms with E-state index >= 15 is 0 Å². The lowest BCUT2D eigenvalue weighted by Crippen LogP contribution is -2.46. The molecule has 0 aliphatic heterocycles. The van der Waals surface area contributed by atoms with Crippen molar-refractivity contribution in [3.05, 3.63) is 12.2 Å². The van der Waals surface area contributed by atoms with Crippen LogP contribution in [0.2, 0.25) is 0 Å². The highest BCUT2D eigenvalue weighted by atomic mass is 16.5. The molecule has 0 aromatic carbocycles. The van der Waals surface area contributed by atoms with Crippen molar-refractivity contribution in [2.45, 2.75) is 78.2 Å². The first-order chi connectivity index (χ1) is 10.1. The van der Waals surface area contributed by atoms with Gasteiger partial charge in [0, 0.05) is 19.6 Å². The summed E-state index contributed by atoms with van der Waals surface area (Å²) in [5.74, 6) is 0.721. The monoisotopic (exact) mass is 296 g/mol. The summed E-state index contributed by atoms with van der Waals surface area (Å²) in [5.41, 5.74) is 0.173. The van der Waals surface area contributed by atoms with Crippen LogP contribution in [-0.2, 0) is 4.74 Å². The molecule has 0 radical (unpaired) electrons. The van der Waals surface area contributed by atoms with Gasteiger partial charge in [0.25, 0.3) is 0 Å². The molecule has 1 N–H and O–H groups in total. The number of hydrogen-bond acceptors (Lipinski definition) is 2. The van der Waals surface area contributed by atoms with Crippen LogP contribution in [0.15, 0.2) is 12.2 Å². The molecule has 1 aliphatic rings. The molecule has 1 saturated carbocycles. The van der Waals surface area contributed by atoms with E-state index in [1.807, 2.05) is 0 Å². The zero-order valence-corrected chi connectivity index (χ0v) is 14.6. The highest BCUT2D eigenvalue weighted by Gasteiger charge is 2.42. The van der Waals surface area contributed by atoms with E-state index in [0.717, 1.165) is 0 Å². The van der Waals surface area contributed by atoms with E-state index in [2.05, 4.69) is 32.9 Å². The molecule has 0 spiro atoms. The van der Waals surface area contributed by atoms with Gasteiger partial charge in [-0.3, -0.25) is 0 Å². The maximum Gasteiger partial charge on any atom is 0.0677 e. The van der Waals surface area contributed by atoms with Crippen molar-refractivity contribution < 1.29 is 9.84 Å². The molecule has 1 rings (SSSR count). The Morgan fingerprint density at radius 3 is 2.52 bits per heavy atom. The SMILES string of the molecule is CCCCCCCC=C[C@@H]1CCC(C)(C)[C@H](OC)[C@H]1CO. The van der Waals surface area contributed by atoms with Gasteiger partial charge in [-0.05, 0) is 37.0 Å². The van der Waals surface area contributed by atoms with Crippen LogP contribution in [0.1, 0.15) is 72.1 Å². The number of aliphatic hydroxyl groups is 1. The summed E-state index contributed by atoms with van der Waals surface area (Å²) in [6.45, 7) is 7.01. The fourth-order valence-electron chi connectivity index (χ4n) is 3.80. The van der Waals surface area contributed by atoms with E-state index in [4.69, 9.17) is 4.74 Å². The minimum absolute atomic E-state index is 0.162. The van der Waals surface area contributed by atoms with Gasteiger partial charge in [-0.25, -0.2) is 0 Å². The molecule has 3 atom stereocenters. The smallest absolute Gasteiger partial charge is 0.0677 e. The second-order valence-electron chi connectivity index (χ2n) is 7.32. The minimum atomic E-state index is 0.162. The lowest BCUT2D eigenvalue weighted by Gasteiger charge is -2.45. The molecule has 21 heavy (non-hydrogen) atoms. The molecule has 0 saturated heterocycles. The third-order valence-electron chi connectivity index (χ3n) is 5.15. The molecule has 2 heteroatoms. The van der Waals surface area contributed by atoms with Crippen LogP contribution in [-0.4, -0.2) is 24.9 Å². The summed E-state index contributed by atoms with van der Waals surface area (Å²) < 4.78 is 5.72. The molecule has 0 bridgehead atoms. The first kappa shape index (κ1) is 18.7. The third-order valence-corrected chi connectivity index (χ3v) is 5.15. The Morgan fingerprint density at radius 2 is 1.90 bits per heavy atom. The Kier molecular flexibility index (Phi) is 8.58. The van der Waals surface area contributed by atoms with Gasteiger partial charge in [-0.1, -0.05) is 58.6 Å². The lowest BCUT2D eigenvalue weighted by molar-refractivity contribution is -0.0913. The van der Waals surface area contributed by atoms with Gasteiger partial charge in [-0.15, -0.1) is 0 Å². The molecule has 2 nitrogen and oxygen atoms in total. The van der Waals surface area contributed by atoms with Crippen molar-refractivity contribution in [3.63, 3.8) is 0 Å². The van der Waals surface area contributed by atoms with Crippen LogP contribution in [0.25, 0.3) is 0 Å². The number of aliphatic hydroxyl groups excluding tert-OH is 1. The van der Waals surface area contributed by atoms with Crippen LogP contribution in [0.5, 0.6) is 0 Å². The van der Waals surface area contributed by atoms with Gasteiger partial charge in [0.2, 0.25) is 0 Å². The largest absolute Gasteiger partial charge is 0.396 e. The molecule has 124 valence electrons. The van der Waals surface area contributed by atoms with Crippen molar-refractivity contribution in [2.24, 2.45) is 17.3 Å². The Hall–Kier alpha value is -0.340. The van der Waals surface area contributed by atoms with E-state index in [1.54, 1.807) is 7.11 Å². The molecular weight excluding hydrogens is 260 g/mol. The number of ether oxygens (including phenoxy) is 1. The summed E-state index contributed by atoms with van der Waals surface area (Å²) in [7, 11) is 1.79. The molecule has 0 aromatic rings. The predicted octanol–water partition coefficient (Wildman–Crippen LogP) is 4.96. The van der Waals surface area contributed by atoms with Crippen LogP contribution >= 0.6 is 0 Å². The van der Waals surface area contributed by atoms with Gasteiger partial charge in [0.05, 0.1) is 6.10 Å². The number of allylic oxidation sites excluding steroid dienone is 2. The average molecular weight is 296 g/mol. The van der Waals surface area contributed by atoms with E-state index in [0.29, 0.717) is 5.92 Å². The first-order valence-electron chi connectivity index (χ1n) is 8.87. The average Bonchev–Trinajstić information content (AvgIpc) is 2.46. The standard InChI is InChI=1S/C19H36O2/c1-5-6-7-8-9-10-11-12-16-13-14-19(2,3)18(21-4)17(16)15-20/h11-12,16-18,20H,5-10,13-15H2,1-4H3/t16-,17+,18-/m1/s1. The predicted molar refractivity (Wildman–Crippen MR) is 90.4 cm³/mol. The van der Waals surface area contributed by atoms with E-state index in [-0.39, 0.29) is 24.0 Å². The molecule has 0 heterocycles. The summed E-state index contributed by atoms with van der Waals surface area (Å²) in [6, 6.07) is 0. The van der Waals surface area contributed by atoms with Crippen molar-refractivity contribution >= 4 is 0 Å². The highest BCUT2D eigenvalue weighted by Crippen LogP contribution is 2.44. The number of methoxy groups -OCH3 is 1. The van der Waals surface area contributed by atoms with Crippen LogP contribution < -0.4 is 0 Å². The van der Waals surface area contributed by atoms with Crippen molar-refractivity contribution in [1.82, 2.24) is 0 Å². The van der Waals surface area contributed by atoms with E-state index < -0.39 is 0 Å². The number of rotatable bonds is 9. The molecular formula is C19H36O2. The van der Waals surface area contributed by atoms with Crippen LogP contribution in [0.4, 0.5) is 0 Å². The molecule has 1 aliphatic carbocycles. The zero-order valence-electron chi connectivity index (χ0n) is 14.6. The summed E-state index contributed by atoms with van der Waals surface area (Å²) in [6.07, 6.45) is 15.1. The third kappa shape index (κ3) is 5.75. The fraction of sp³-hybridized carbons (Fsp3) is 0.895. The maximum atomic E-state index is 9.78. The molecule has 0 unspecified atom stereocenters. The summed E-state index contributed by atoms with van der Waals surface area (Å²) in [4.78, 5) is 0. The topological polar surface area (TPSA) is 29.5 Å². The molecule has 0 aromatic heterocycles. The number of hydrogen-bond donors (Lipinski definition) is 1. The minimum Gasteiger partial charge on any atom is -0.396 e. The van der Waals surface area contributed by atoms with Gasteiger partial charge in [-0.2, -0.15) is 0 Å². The Bertz CT molecular complexity index is 296. The maximum absolute atomic E-state index is 9.78. The molecule has 0 amide bonds. The fourth-order valence-corrected chi connectivity index (χ4v) is 3.80. The van der Waals surface area contributed by atoms with Crippen LogP contribution in [0, 0.1) is 17.3 Å². The van der Waals surface area contributed by atoms with E-state index in [9.17, 15) is 5.11 Å². The van der Waals surface area contributed by atoms with Gasteiger partial charge in [0.15, 0.2) is 0 Å². The Balaban J connectivity index is 2.43. The van der Waals surface area contributed by atoms with Crippen molar-refractivity contribution in [3.8, 4) is 0 Å². The highest BCUT2D eigenvalue weighted by molar-refractivity contribution is 5.01. The van der Waals surface area contributed by atoms with E-state index in [1.165, 1.54) is 51.4 Å². The second kappa shape index (κ2) is 9.63. The normalized spacial score (nSPS) is 29.1. The summed E-state index contributed by atoms with van der Waals surface area (Å²) >= 11 is 0. The first-order valence-corrected chi connectivity index (χ1v) is 8.87. The number of unbranched alkanes of at least 4 members (excludes halogenated alkanes) is 5. The van der Waals surface area contributed by atoms with Gasteiger partial charge >= 0.3 is 0 Å². The molecule has 1 fully saturated rings.